The molecule has 0 aromatic carbocycles. The van der Waals surface area contributed by atoms with E-state index < -0.39 is 0 Å². The van der Waals surface area contributed by atoms with Gasteiger partial charge in [0.15, 0.2) is 0 Å². The molecule has 1 aliphatic heterocycles. The van der Waals surface area contributed by atoms with Crippen molar-refractivity contribution in [2.75, 3.05) is 13.1 Å². The Balaban J connectivity index is 1.38. The molecular formula is C19H26N4O2. The number of hydrogen-bond donors (Lipinski definition) is 1. The van der Waals surface area contributed by atoms with E-state index in [1.54, 1.807) is 6.26 Å². The van der Waals surface area contributed by atoms with Crippen LogP contribution < -0.4 is 5.32 Å². The molecule has 3 heterocycles. The highest BCUT2D eigenvalue weighted by Gasteiger charge is 2.50. The van der Waals surface area contributed by atoms with Crippen LogP contribution in [0.2, 0.25) is 0 Å². The monoisotopic (exact) mass is 342 g/mol. The van der Waals surface area contributed by atoms with Crippen molar-refractivity contribution < 1.29 is 9.21 Å². The first-order valence-corrected chi connectivity index (χ1v) is 9.14. The Morgan fingerprint density at radius 1 is 1.48 bits per heavy atom. The van der Waals surface area contributed by atoms with Gasteiger partial charge in [-0.3, -0.25) is 9.69 Å². The zero-order valence-corrected chi connectivity index (χ0v) is 14.8. The van der Waals surface area contributed by atoms with Crippen LogP contribution in [0.4, 0.5) is 0 Å². The Morgan fingerprint density at radius 3 is 3.16 bits per heavy atom. The standard InChI is InChI=1S/C19H26N4O2/c1-22-14-20-10-15(22)12-23-8-7-19(13-23)6-2-5-17(19)18(24)21-11-16-4-3-9-25-16/h3-4,9-10,14,17H,2,5-8,11-13H2,1H3,(H,21,24). The van der Waals surface area contributed by atoms with Crippen LogP contribution in [0.3, 0.4) is 0 Å². The average Bonchev–Trinajstić information content (AvgIpc) is 3.38. The van der Waals surface area contributed by atoms with Gasteiger partial charge in [0, 0.05) is 32.3 Å². The number of aromatic nitrogens is 2. The van der Waals surface area contributed by atoms with Gasteiger partial charge in [0.2, 0.25) is 5.91 Å². The largest absolute Gasteiger partial charge is 0.467 e. The third kappa shape index (κ3) is 3.23. The normalized spacial score (nSPS) is 26.5. The predicted molar refractivity (Wildman–Crippen MR) is 93.4 cm³/mol. The SMILES string of the molecule is Cn1cncc1CN1CCC2(CCCC2C(=O)NCc2ccco2)C1. The van der Waals surface area contributed by atoms with E-state index in [2.05, 4.69) is 19.8 Å². The van der Waals surface area contributed by atoms with E-state index in [-0.39, 0.29) is 17.2 Å². The molecule has 6 heteroatoms. The molecule has 2 unspecified atom stereocenters. The summed E-state index contributed by atoms with van der Waals surface area (Å²) in [6.07, 6.45) is 9.86. The maximum absolute atomic E-state index is 12.8. The highest BCUT2D eigenvalue weighted by molar-refractivity contribution is 5.80. The molecule has 2 aromatic rings. The minimum absolute atomic E-state index is 0.124. The van der Waals surface area contributed by atoms with Gasteiger partial charge in [0.25, 0.3) is 0 Å². The van der Waals surface area contributed by atoms with Gasteiger partial charge in [-0.05, 0) is 43.4 Å². The van der Waals surface area contributed by atoms with Crippen molar-refractivity contribution >= 4 is 5.91 Å². The van der Waals surface area contributed by atoms with E-state index in [0.29, 0.717) is 6.54 Å². The Labute approximate surface area is 148 Å². The number of likely N-dealkylation sites (tertiary alicyclic amines) is 1. The minimum Gasteiger partial charge on any atom is -0.467 e. The van der Waals surface area contributed by atoms with Crippen molar-refractivity contribution in [2.24, 2.45) is 18.4 Å². The summed E-state index contributed by atoms with van der Waals surface area (Å²) in [6.45, 7) is 3.47. The minimum atomic E-state index is 0.124. The van der Waals surface area contributed by atoms with Gasteiger partial charge in [-0.25, -0.2) is 4.98 Å². The summed E-state index contributed by atoms with van der Waals surface area (Å²) >= 11 is 0. The summed E-state index contributed by atoms with van der Waals surface area (Å²) in [5, 5.41) is 3.08. The van der Waals surface area contributed by atoms with E-state index in [0.717, 1.165) is 51.1 Å². The van der Waals surface area contributed by atoms with Crippen LogP contribution in [-0.4, -0.2) is 33.4 Å². The quantitative estimate of drug-likeness (QED) is 0.906. The van der Waals surface area contributed by atoms with Gasteiger partial charge in [0.05, 0.1) is 24.8 Å². The molecule has 6 nitrogen and oxygen atoms in total. The lowest BCUT2D eigenvalue weighted by Gasteiger charge is -2.30. The molecule has 25 heavy (non-hydrogen) atoms. The van der Waals surface area contributed by atoms with Gasteiger partial charge < -0.3 is 14.3 Å². The van der Waals surface area contributed by atoms with Crippen LogP contribution >= 0.6 is 0 Å². The number of carbonyl (C=O) groups excluding carboxylic acids is 1. The fourth-order valence-corrected chi connectivity index (χ4v) is 4.63. The molecule has 2 atom stereocenters. The summed E-state index contributed by atoms with van der Waals surface area (Å²) in [5.41, 5.74) is 1.38. The van der Waals surface area contributed by atoms with Crippen LogP contribution in [0.15, 0.2) is 35.3 Å². The predicted octanol–water partition coefficient (Wildman–Crippen LogP) is 2.32. The third-order valence-corrected chi connectivity index (χ3v) is 6.01. The Kier molecular flexibility index (Phi) is 4.37. The number of nitrogens with one attached hydrogen (secondary N) is 1. The van der Waals surface area contributed by atoms with E-state index in [4.69, 9.17) is 4.42 Å². The Morgan fingerprint density at radius 2 is 2.40 bits per heavy atom. The summed E-state index contributed by atoms with van der Waals surface area (Å²) in [4.78, 5) is 19.5. The number of furan rings is 1. The Bertz CT molecular complexity index is 724. The number of hydrogen-bond acceptors (Lipinski definition) is 4. The number of nitrogens with zero attached hydrogens (tertiary/aromatic N) is 3. The molecule has 2 aromatic heterocycles. The van der Waals surface area contributed by atoms with Crippen LogP contribution in [0.25, 0.3) is 0 Å². The number of carbonyl (C=O) groups is 1. The van der Waals surface area contributed by atoms with Crippen LogP contribution in [0.5, 0.6) is 0 Å². The number of imidazole rings is 1. The van der Waals surface area contributed by atoms with Gasteiger partial charge in [0.1, 0.15) is 5.76 Å². The van der Waals surface area contributed by atoms with Crippen LogP contribution in [0, 0.1) is 11.3 Å². The molecule has 1 aliphatic carbocycles. The molecule has 1 saturated carbocycles. The molecule has 0 radical (unpaired) electrons. The second-order valence-electron chi connectivity index (χ2n) is 7.56. The van der Waals surface area contributed by atoms with Crippen molar-refractivity contribution in [2.45, 2.75) is 38.8 Å². The second-order valence-corrected chi connectivity index (χ2v) is 7.56. The molecule has 2 aliphatic rings. The second kappa shape index (κ2) is 6.67. The lowest BCUT2D eigenvalue weighted by molar-refractivity contribution is -0.128. The molecule has 4 rings (SSSR count). The van der Waals surface area contributed by atoms with E-state index in [1.165, 1.54) is 5.69 Å². The van der Waals surface area contributed by atoms with Crippen molar-refractivity contribution in [3.8, 4) is 0 Å². The van der Waals surface area contributed by atoms with Gasteiger partial charge >= 0.3 is 0 Å². The first kappa shape index (κ1) is 16.4. The van der Waals surface area contributed by atoms with Crippen molar-refractivity contribution in [3.05, 3.63) is 42.4 Å². The Hall–Kier alpha value is -2.08. The molecule has 1 spiro atoms. The highest BCUT2D eigenvalue weighted by Crippen LogP contribution is 2.50. The van der Waals surface area contributed by atoms with Crippen molar-refractivity contribution in [1.82, 2.24) is 19.8 Å². The molecule has 2 fully saturated rings. The average molecular weight is 342 g/mol. The topological polar surface area (TPSA) is 63.3 Å². The van der Waals surface area contributed by atoms with Gasteiger partial charge in [-0.15, -0.1) is 0 Å². The smallest absolute Gasteiger partial charge is 0.224 e. The summed E-state index contributed by atoms with van der Waals surface area (Å²) in [5.74, 6) is 1.12. The van der Waals surface area contributed by atoms with E-state index in [9.17, 15) is 4.79 Å². The maximum Gasteiger partial charge on any atom is 0.224 e. The van der Waals surface area contributed by atoms with E-state index >= 15 is 0 Å². The molecule has 1 saturated heterocycles. The van der Waals surface area contributed by atoms with E-state index in [1.807, 2.05) is 31.7 Å². The number of amides is 1. The van der Waals surface area contributed by atoms with Gasteiger partial charge in [-0.2, -0.15) is 0 Å². The fraction of sp³-hybridized carbons (Fsp3) is 0.579. The van der Waals surface area contributed by atoms with Crippen LogP contribution in [-0.2, 0) is 24.9 Å². The maximum atomic E-state index is 12.8. The summed E-state index contributed by atoms with van der Waals surface area (Å²) < 4.78 is 7.40. The zero-order valence-electron chi connectivity index (χ0n) is 14.8. The lowest BCUT2D eigenvalue weighted by Crippen LogP contribution is -2.40. The van der Waals surface area contributed by atoms with Crippen molar-refractivity contribution in [3.63, 3.8) is 0 Å². The highest BCUT2D eigenvalue weighted by atomic mass is 16.3. The van der Waals surface area contributed by atoms with Gasteiger partial charge in [-0.1, -0.05) is 6.42 Å². The lowest BCUT2D eigenvalue weighted by atomic mass is 9.76. The van der Waals surface area contributed by atoms with Crippen LogP contribution in [0.1, 0.15) is 37.1 Å². The molecule has 134 valence electrons. The summed E-state index contributed by atoms with van der Waals surface area (Å²) in [6, 6.07) is 3.75. The fourth-order valence-electron chi connectivity index (χ4n) is 4.63. The number of aryl methyl sites for hydroxylation is 1. The third-order valence-electron chi connectivity index (χ3n) is 6.01. The molecule has 0 bridgehead atoms. The number of rotatable bonds is 5. The zero-order chi connectivity index (χ0) is 17.3. The molecular weight excluding hydrogens is 316 g/mol. The molecule has 1 N–H and O–H groups in total. The first-order valence-electron chi connectivity index (χ1n) is 9.14. The first-order chi connectivity index (χ1) is 12.2. The van der Waals surface area contributed by atoms with Crippen molar-refractivity contribution in [1.29, 1.82) is 0 Å². The molecule has 1 amide bonds. The summed E-state index contributed by atoms with van der Waals surface area (Å²) in [7, 11) is 2.04.